The summed E-state index contributed by atoms with van der Waals surface area (Å²) in [7, 11) is 0. The molecule has 17 heavy (non-hydrogen) atoms. The summed E-state index contributed by atoms with van der Waals surface area (Å²) >= 11 is 3.27. The summed E-state index contributed by atoms with van der Waals surface area (Å²) in [6, 6.07) is 4.19. The van der Waals surface area contributed by atoms with E-state index in [0.717, 1.165) is 18.6 Å². The molecule has 1 aliphatic rings. The number of carboxylic acids is 1. The van der Waals surface area contributed by atoms with Gasteiger partial charge in [-0.15, -0.1) is 0 Å². The summed E-state index contributed by atoms with van der Waals surface area (Å²) in [6.07, 6.45) is 1.70. The molecule has 0 amide bonds. The largest absolute Gasteiger partial charge is 0.481 e. The van der Waals surface area contributed by atoms with E-state index in [4.69, 9.17) is 9.52 Å². The van der Waals surface area contributed by atoms with Crippen molar-refractivity contribution in [3.63, 3.8) is 0 Å². The van der Waals surface area contributed by atoms with Gasteiger partial charge in [-0.2, -0.15) is 0 Å². The SMILES string of the molecule is CC1CCC(C(=O)O)CN1Cc1ccc(Br)o1. The molecule has 2 heterocycles. The normalized spacial score (nSPS) is 26.0. The van der Waals surface area contributed by atoms with Gasteiger partial charge in [0.2, 0.25) is 0 Å². The van der Waals surface area contributed by atoms with Crippen molar-refractivity contribution in [3.8, 4) is 0 Å². The molecule has 0 aromatic carbocycles. The Hall–Kier alpha value is -0.810. The summed E-state index contributed by atoms with van der Waals surface area (Å²) in [5.74, 6) is -0.0677. The summed E-state index contributed by atoms with van der Waals surface area (Å²) in [6.45, 7) is 3.42. The number of hydrogen-bond acceptors (Lipinski definition) is 3. The predicted octanol–water partition coefficient (Wildman–Crippen LogP) is 2.73. The number of piperidine rings is 1. The first kappa shape index (κ1) is 12.6. The number of hydrogen-bond donors (Lipinski definition) is 1. The number of rotatable bonds is 3. The Bertz CT molecular complexity index is 404. The molecule has 1 aliphatic heterocycles. The number of carboxylic acid groups (broad SMARTS) is 1. The third-order valence-corrected chi connectivity index (χ3v) is 3.77. The molecule has 1 N–H and O–H groups in total. The first-order chi connectivity index (χ1) is 8.06. The molecular formula is C12H16BrNO3. The Morgan fingerprint density at radius 2 is 2.35 bits per heavy atom. The van der Waals surface area contributed by atoms with E-state index < -0.39 is 5.97 Å². The average molecular weight is 302 g/mol. The van der Waals surface area contributed by atoms with Crippen LogP contribution in [0.25, 0.3) is 0 Å². The molecule has 0 spiro atoms. The van der Waals surface area contributed by atoms with Gasteiger partial charge in [0, 0.05) is 12.6 Å². The van der Waals surface area contributed by atoms with E-state index in [0.29, 0.717) is 23.8 Å². The second-order valence-corrected chi connectivity index (χ2v) is 5.38. The second kappa shape index (κ2) is 5.23. The molecule has 0 bridgehead atoms. The molecule has 1 fully saturated rings. The van der Waals surface area contributed by atoms with Gasteiger partial charge in [-0.1, -0.05) is 0 Å². The van der Waals surface area contributed by atoms with Crippen LogP contribution in [0.2, 0.25) is 0 Å². The topological polar surface area (TPSA) is 53.7 Å². The highest BCUT2D eigenvalue weighted by molar-refractivity contribution is 9.10. The minimum Gasteiger partial charge on any atom is -0.481 e. The lowest BCUT2D eigenvalue weighted by Crippen LogP contribution is -2.43. The molecule has 2 atom stereocenters. The maximum absolute atomic E-state index is 11.0. The minimum absolute atomic E-state index is 0.246. The second-order valence-electron chi connectivity index (χ2n) is 4.60. The monoisotopic (exact) mass is 301 g/mol. The number of nitrogens with zero attached hydrogens (tertiary/aromatic N) is 1. The maximum atomic E-state index is 11.0. The standard InChI is InChI=1S/C12H16BrNO3/c1-8-2-3-9(12(15)16)6-14(8)7-10-4-5-11(13)17-10/h4-5,8-9H,2-3,6-7H2,1H3,(H,15,16). The van der Waals surface area contributed by atoms with Crippen molar-refractivity contribution in [3.05, 3.63) is 22.6 Å². The molecule has 0 radical (unpaired) electrons. The fourth-order valence-corrected chi connectivity index (χ4v) is 2.58. The zero-order valence-corrected chi connectivity index (χ0v) is 11.3. The number of aliphatic carboxylic acids is 1. The van der Waals surface area contributed by atoms with E-state index in [9.17, 15) is 4.79 Å². The van der Waals surface area contributed by atoms with E-state index >= 15 is 0 Å². The quantitative estimate of drug-likeness (QED) is 0.933. The van der Waals surface area contributed by atoms with Crippen LogP contribution in [-0.2, 0) is 11.3 Å². The van der Waals surface area contributed by atoms with E-state index in [1.54, 1.807) is 0 Å². The Kier molecular flexibility index (Phi) is 3.89. The Morgan fingerprint density at radius 1 is 1.59 bits per heavy atom. The number of halogens is 1. The lowest BCUT2D eigenvalue weighted by molar-refractivity contribution is -0.144. The first-order valence-corrected chi connectivity index (χ1v) is 6.56. The number of carbonyl (C=O) groups is 1. The van der Waals surface area contributed by atoms with Crippen molar-refractivity contribution in [1.29, 1.82) is 0 Å². The highest BCUT2D eigenvalue weighted by atomic mass is 79.9. The van der Waals surface area contributed by atoms with E-state index in [1.807, 2.05) is 12.1 Å². The van der Waals surface area contributed by atoms with Gasteiger partial charge < -0.3 is 9.52 Å². The van der Waals surface area contributed by atoms with Crippen molar-refractivity contribution < 1.29 is 14.3 Å². The smallest absolute Gasteiger partial charge is 0.307 e. The Balaban J connectivity index is 2.00. The van der Waals surface area contributed by atoms with Crippen LogP contribution in [0.15, 0.2) is 21.2 Å². The Morgan fingerprint density at radius 3 is 2.94 bits per heavy atom. The molecule has 1 saturated heterocycles. The highest BCUT2D eigenvalue weighted by Crippen LogP contribution is 2.25. The summed E-state index contributed by atoms with van der Waals surface area (Å²) in [4.78, 5) is 13.2. The van der Waals surface area contributed by atoms with Gasteiger partial charge in [-0.3, -0.25) is 9.69 Å². The predicted molar refractivity (Wildman–Crippen MR) is 66.6 cm³/mol. The number of likely N-dealkylation sites (tertiary alicyclic amines) is 1. The molecule has 2 unspecified atom stereocenters. The minimum atomic E-state index is -0.692. The lowest BCUT2D eigenvalue weighted by Gasteiger charge is -2.35. The molecule has 4 nitrogen and oxygen atoms in total. The van der Waals surface area contributed by atoms with Crippen molar-refractivity contribution in [1.82, 2.24) is 4.90 Å². The third kappa shape index (κ3) is 3.10. The fourth-order valence-electron chi connectivity index (χ4n) is 2.24. The van der Waals surface area contributed by atoms with Crippen LogP contribution >= 0.6 is 15.9 Å². The zero-order chi connectivity index (χ0) is 12.4. The van der Waals surface area contributed by atoms with Crippen molar-refractivity contribution in [2.45, 2.75) is 32.4 Å². The average Bonchev–Trinajstić information content (AvgIpc) is 2.67. The third-order valence-electron chi connectivity index (χ3n) is 3.35. The van der Waals surface area contributed by atoms with Crippen molar-refractivity contribution in [2.24, 2.45) is 5.92 Å². The molecule has 1 aromatic rings. The number of furan rings is 1. The van der Waals surface area contributed by atoms with Gasteiger partial charge in [0.05, 0.1) is 12.5 Å². The molecule has 1 aromatic heterocycles. The maximum Gasteiger partial charge on any atom is 0.307 e. The highest BCUT2D eigenvalue weighted by Gasteiger charge is 2.30. The first-order valence-electron chi connectivity index (χ1n) is 5.77. The van der Waals surface area contributed by atoms with Gasteiger partial charge in [-0.25, -0.2) is 0 Å². The van der Waals surface area contributed by atoms with E-state index in [-0.39, 0.29) is 5.92 Å². The Labute approximate surface area is 109 Å². The van der Waals surface area contributed by atoms with Crippen LogP contribution in [0.1, 0.15) is 25.5 Å². The molecule has 94 valence electrons. The summed E-state index contributed by atoms with van der Waals surface area (Å²) in [5, 5.41) is 9.05. The molecular weight excluding hydrogens is 286 g/mol. The zero-order valence-electron chi connectivity index (χ0n) is 9.73. The van der Waals surface area contributed by atoms with Gasteiger partial charge in [0.1, 0.15) is 5.76 Å². The van der Waals surface area contributed by atoms with Gasteiger partial charge in [0.15, 0.2) is 4.67 Å². The molecule has 2 rings (SSSR count). The van der Waals surface area contributed by atoms with Crippen LogP contribution in [0.3, 0.4) is 0 Å². The molecule has 0 saturated carbocycles. The van der Waals surface area contributed by atoms with Crippen molar-refractivity contribution >= 4 is 21.9 Å². The summed E-state index contributed by atoms with van der Waals surface area (Å²) in [5.41, 5.74) is 0. The van der Waals surface area contributed by atoms with Gasteiger partial charge >= 0.3 is 5.97 Å². The molecule has 5 heteroatoms. The van der Waals surface area contributed by atoms with Crippen LogP contribution < -0.4 is 0 Å². The molecule has 0 aliphatic carbocycles. The van der Waals surface area contributed by atoms with Crippen LogP contribution in [0.4, 0.5) is 0 Å². The van der Waals surface area contributed by atoms with Crippen molar-refractivity contribution in [2.75, 3.05) is 6.54 Å². The van der Waals surface area contributed by atoms with Crippen LogP contribution in [0.5, 0.6) is 0 Å². The van der Waals surface area contributed by atoms with Crippen LogP contribution in [-0.4, -0.2) is 28.6 Å². The van der Waals surface area contributed by atoms with E-state index in [1.165, 1.54) is 0 Å². The van der Waals surface area contributed by atoms with Gasteiger partial charge in [-0.05, 0) is 47.8 Å². The van der Waals surface area contributed by atoms with Crippen LogP contribution in [0, 0.1) is 5.92 Å². The summed E-state index contributed by atoms with van der Waals surface area (Å²) < 4.78 is 6.17. The fraction of sp³-hybridized carbons (Fsp3) is 0.583. The van der Waals surface area contributed by atoms with Gasteiger partial charge in [0.25, 0.3) is 0 Å². The lowest BCUT2D eigenvalue weighted by atomic mass is 9.93. The van der Waals surface area contributed by atoms with E-state index in [2.05, 4.69) is 27.8 Å².